The molecule has 0 radical (unpaired) electrons. The van der Waals surface area contributed by atoms with E-state index < -0.39 is 0 Å². The summed E-state index contributed by atoms with van der Waals surface area (Å²) in [6.45, 7) is 4.37. The molecule has 0 bridgehead atoms. The summed E-state index contributed by atoms with van der Waals surface area (Å²) < 4.78 is 5.52. The smallest absolute Gasteiger partial charge is 0.256 e. The summed E-state index contributed by atoms with van der Waals surface area (Å²) in [7, 11) is 0. The topological polar surface area (TPSA) is 55.3 Å². The van der Waals surface area contributed by atoms with Gasteiger partial charge in [-0.15, -0.1) is 0 Å². The van der Waals surface area contributed by atoms with Crippen molar-refractivity contribution in [1.29, 1.82) is 0 Å². The molecule has 1 fully saturated rings. The van der Waals surface area contributed by atoms with Crippen molar-refractivity contribution < 1.29 is 9.53 Å². The van der Waals surface area contributed by atoms with Crippen LogP contribution in [0.15, 0.2) is 36.8 Å². The monoisotopic (exact) mass is 345 g/mol. The first kappa shape index (κ1) is 16.7. The minimum Gasteiger partial charge on any atom is -0.474 e. The van der Waals surface area contributed by atoms with Crippen LogP contribution in [0, 0.1) is 0 Å². The van der Waals surface area contributed by atoms with Crippen molar-refractivity contribution >= 4 is 17.5 Å². The molecule has 0 atom stereocenters. The fourth-order valence-corrected chi connectivity index (χ4v) is 2.67. The van der Waals surface area contributed by atoms with Crippen LogP contribution in [-0.2, 0) is 6.54 Å². The van der Waals surface area contributed by atoms with Gasteiger partial charge in [0.15, 0.2) is 0 Å². The maximum Gasteiger partial charge on any atom is 0.256 e. The molecule has 0 aliphatic heterocycles. The van der Waals surface area contributed by atoms with Crippen molar-refractivity contribution in [1.82, 2.24) is 14.9 Å². The Bertz CT molecular complexity index is 717. The lowest BCUT2D eigenvalue weighted by Crippen LogP contribution is -2.32. The molecule has 0 saturated heterocycles. The van der Waals surface area contributed by atoms with Gasteiger partial charge >= 0.3 is 0 Å². The van der Waals surface area contributed by atoms with E-state index in [-0.39, 0.29) is 18.1 Å². The Morgan fingerprint density at radius 2 is 2.08 bits per heavy atom. The largest absolute Gasteiger partial charge is 0.474 e. The SMILES string of the molecule is CC(C)Oc1ncc(C(=O)N(Cc2ccncc2)C2CC2)cc1Cl. The average Bonchev–Trinajstić information content (AvgIpc) is 3.39. The zero-order chi connectivity index (χ0) is 17.1. The summed E-state index contributed by atoms with van der Waals surface area (Å²) in [5.74, 6) is 0.301. The third-order valence-corrected chi connectivity index (χ3v) is 4.02. The van der Waals surface area contributed by atoms with Crippen molar-refractivity contribution in [3.05, 3.63) is 52.9 Å². The summed E-state index contributed by atoms with van der Waals surface area (Å²) in [4.78, 5) is 23.0. The van der Waals surface area contributed by atoms with Crippen LogP contribution in [0.1, 0.15) is 42.6 Å². The number of aromatic nitrogens is 2. The van der Waals surface area contributed by atoms with Crippen molar-refractivity contribution in [2.24, 2.45) is 0 Å². The Balaban J connectivity index is 1.79. The highest BCUT2D eigenvalue weighted by atomic mass is 35.5. The first-order valence-electron chi connectivity index (χ1n) is 8.06. The summed E-state index contributed by atoms with van der Waals surface area (Å²) in [6, 6.07) is 5.77. The number of pyridine rings is 2. The van der Waals surface area contributed by atoms with Gasteiger partial charge in [-0.2, -0.15) is 0 Å². The Morgan fingerprint density at radius 3 is 2.67 bits per heavy atom. The molecule has 0 spiro atoms. The van der Waals surface area contributed by atoms with E-state index in [9.17, 15) is 4.79 Å². The number of hydrogen-bond acceptors (Lipinski definition) is 4. The van der Waals surface area contributed by atoms with Gasteiger partial charge in [0.2, 0.25) is 5.88 Å². The van der Waals surface area contributed by atoms with E-state index in [0.717, 1.165) is 18.4 Å². The second kappa shape index (κ2) is 7.18. The molecule has 6 heteroatoms. The fraction of sp³-hybridized carbons (Fsp3) is 0.389. The van der Waals surface area contributed by atoms with E-state index >= 15 is 0 Å². The molecular formula is C18H20ClN3O2. The average molecular weight is 346 g/mol. The summed E-state index contributed by atoms with van der Waals surface area (Å²) in [5, 5.41) is 0.356. The second-order valence-electron chi connectivity index (χ2n) is 6.20. The lowest BCUT2D eigenvalue weighted by molar-refractivity contribution is 0.0729. The molecular weight excluding hydrogens is 326 g/mol. The van der Waals surface area contributed by atoms with Crippen LogP contribution >= 0.6 is 11.6 Å². The molecule has 0 aromatic carbocycles. The predicted molar refractivity (Wildman–Crippen MR) is 92.1 cm³/mol. The molecule has 2 aromatic heterocycles. The van der Waals surface area contributed by atoms with Crippen molar-refractivity contribution in [3.63, 3.8) is 0 Å². The molecule has 24 heavy (non-hydrogen) atoms. The number of carbonyl (C=O) groups excluding carboxylic acids is 1. The van der Waals surface area contributed by atoms with E-state index in [0.29, 0.717) is 23.0 Å². The van der Waals surface area contributed by atoms with Gasteiger partial charge in [0.1, 0.15) is 5.02 Å². The van der Waals surface area contributed by atoms with Gasteiger partial charge in [0.05, 0.1) is 11.7 Å². The van der Waals surface area contributed by atoms with Crippen molar-refractivity contribution in [2.75, 3.05) is 0 Å². The van der Waals surface area contributed by atoms with Crippen LogP contribution < -0.4 is 4.74 Å². The molecule has 3 rings (SSSR count). The summed E-state index contributed by atoms with van der Waals surface area (Å²) in [6.07, 6.45) is 7.06. The molecule has 2 heterocycles. The molecule has 1 aliphatic carbocycles. The normalized spacial score (nSPS) is 13.8. The number of rotatable bonds is 6. The van der Waals surface area contributed by atoms with E-state index in [1.807, 2.05) is 30.9 Å². The quantitative estimate of drug-likeness (QED) is 0.800. The fourth-order valence-electron chi connectivity index (χ4n) is 2.46. The van der Waals surface area contributed by atoms with Crippen LogP contribution in [0.5, 0.6) is 5.88 Å². The number of carbonyl (C=O) groups is 1. The summed E-state index contributed by atoms with van der Waals surface area (Å²) in [5.41, 5.74) is 1.54. The predicted octanol–water partition coefficient (Wildman–Crippen LogP) is 3.72. The molecule has 5 nitrogen and oxygen atoms in total. The van der Waals surface area contributed by atoms with Crippen molar-refractivity contribution in [3.8, 4) is 5.88 Å². The molecule has 1 saturated carbocycles. The van der Waals surface area contributed by atoms with Gasteiger partial charge < -0.3 is 9.64 Å². The molecule has 126 valence electrons. The Kier molecular flexibility index (Phi) is 5.00. The molecule has 1 amide bonds. The van der Waals surface area contributed by atoms with Gasteiger partial charge in [-0.1, -0.05) is 11.6 Å². The van der Waals surface area contributed by atoms with E-state index in [4.69, 9.17) is 16.3 Å². The highest BCUT2D eigenvalue weighted by Gasteiger charge is 2.33. The highest BCUT2D eigenvalue weighted by Crippen LogP contribution is 2.31. The van der Waals surface area contributed by atoms with Gasteiger partial charge in [-0.3, -0.25) is 9.78 Å². The number of ether oxygens (including phenoxy) is 1. The molecule has 2 aromatic rings. The van der Waals surface area contributed by atoms with Gasteiger partial charge in [-0.05, 0) is 50.5 Å². The first-order chi connectivity index (χ1) is 11.5. The van der Waals surface area contributed by atoms with Crippen LogP contribution in [0.25, 0.3) is 0 Å². The lowest BCUT2D eigenvalue weighted by atomic mass is 10.2. The molecule has 0 unspecified atom stereocenters. The molecule has 0 N–H and O–H groups in total. The Hall–Kier alpha value is -2.14. The Morgan fingerprint density at radius 1 is 1.38 bits per heavy atom. The Labute approximate surface area is 146 Å². The van der Waals surface area contributed by atoms with Gasteiger partial charge in [0, 0.05) is 31.2 Å². The maximum atomic E-state index is 12.9. The van der Waals surface area contributed by atoms with Crippen molar-refractivity contribution in [2.45, 2.75) is 45.4 Å². The third-order valence-electron chi connectivity index (χ3n) is 3.75. The second-order valence-corrected chi connectivity index (χ2v) is 6.60. The maximum absolute atomic E-state index is 12.9. The van der Waals surface area contributed by atoms with Crippen LogP contribution in [0.2, 0.25) is 5.02 Å². The zero-order valence-corrected chi connectivity index (χ0v) is 14.5. The van der Waals surface area contributed by atoms with Crippen LogP contribution in [0.4, 0.5) is 0 Å². The zero-order valence-electron chi connectivity index (χ0n) is 13.8. The number of halogens is 1. The number of nitrogens with zero attached hydrogens (tertiary/aromatic N) is 3. The third kappa shape index (κ3) is 4.03. The van der Waals surface area contributed by atoms with Gasteiger partial charge in [0.25, 0.3) is 5.91 Å². The standard InChI is InChI=1S/C18H20ClN3O2/c1-12(2)24-17-16(19)9-14(10-21-17)18(23)22(15-3-4-15)11-13-5-7-20-8-6-13/h5-10,12,15H,3-4,11H2,1-2H3. The van der Waals surface area contributed by atoms with E-state index in [2.05, 4.69) is 9.97 Å². The van der Waals surface area contributed by atoms with E-state index in [1.165, 1.54) is 6.20 Å². The van der Waals surface area contributed by atoms with Crippen LogP contribution in [0.3, 0.4) is 0 Å². The highest BCUT2D eigenvalue weighted by molar-refractivity contribution is 6.32. The van der Waals surface area contributed by atoms with Gasteiger partial charge in [-0.25, -0.2) is 4.98 Å². The first-order valence-corrected chi connectivity index (χ1v) is 8.44. The number of hydrogen-bond donors (Lipinski definition) is 0. The minimum atomic E-state index is -0.0557. The lowest BCUT2D eigenvalue weighted by Gasteiger charge is -2.23. The summed E-state index contributed by atoms with van der Waals surface area (Å²) >= 11 is 6.21. The van der Waals surface area contributed by atoms with E-state index in [1.54, 1.807) is 18.5 Å². The number of amides is 1. The van der Waals surface area contributed by atoms with Crippen LogP contribution in [-0.4, -0.2) is 32.9 Å². The molecule has 1 aliphatic rings. The minimum absolute atomic E-state index is 0.0220.